The van der Waals surface area contributed by atoms with Gasteiger partial charge in [0.15, 0.2) is 0 Å². The zero-order valence-electron chi connectivity index (χ0n) is 14.2. The van der Waals surface area contributed by atoms with Gasteiger partial charge in [0, 0.05) is 47.2 Å². The second kappa shape index (κ2) is 7.19. The van der Waals surface area contributed by atoms with Gasteiger partial charge in [0.25, 0.3) is 0 Å². The average molecular weight is 342 g/mol. The zero-order chi connectivity index (χ0) is 17.8. The van der Waals surface area contributed by atoms with Crippen LogP contribution in [0.25, 0.3) is 21.8 Å². The highest BCUT2D eigenvalue weighted by Gasteiger charge is 2.10. The van der Waals surface area contributed by atoms with Crippen LogP contribution in [0.5, 0.6) is 0 Å². The highest BCUT2D eigenvalue weighted by Crippen LogP contribution is 2.28. The third kappa shape index (κ3) is 3.19. The van der Waals surface area contributed by atoms with E-state index in [1.54, 1.807) is 18.6 Å². The summed E-state index contributed by atoms with van der Waals surface area (Å²) in [6.45, 7) is 0.602. The monoisotopic (exact) mass is 342 g/mol. The Kier molecular flexibility index (Phi) is 4.43. The highest BCUT2D eigenvalue weighted by atomic mass is 16.2. The van der Waals surface area contributed by atoms with Crippen molar-refractivity contribution in [1.82, 2.24) is 15.0 Å². The number of aromatic nitrogens is 2. The summed E-state index contributed by atoms with van der Waals surface area (Å²) in [4.78, 5) is 16.1. The van der Waals surface area contributed by atoms with Crippen molar-refractivity contribution in [2.75, 3.05) is 0 Å². The van der Waals surface area contributed by atoms with Crippen molar-refractivity contribution in [3.63, 3.8) is 0 Å². The lowest BCUT2D eigenvalue weighted by molar-refractivity contribution is -0.121. The summed E-state index contributed by atoms with van der Waals surface area (Å²) in [6.07, 6.45) is 5.34. The molecule has 1 amide bonds. The molecule has 128 valence electrons. The predicted molar refractivity (Wildman–Crippen MR) is 104 cm³/mol. The molecular formula is C21H18N4O. The third-order valence-corrected chi connectivity index (χ3v) is 4.35. The molecule has 0 aliphatic heterocycles. The van der Waals surface area contributed by atoms with Gasteiger partial charge < -0.3 is 4.57 Å². The third-order valence-electron chi connectivity index (χ3n) is 4.35. The molecule has 0 bridgehead atoms. The van der Waals surface area contributed by atoms with Crippen molar-refractivity contribution in [2.45, 2.75) is 13.0 Å². The number of benzene rings is 2. The maximum atomic E-state index is 12.2. The van der Waals surface area contributed by atoms with Gasteiger partial charge in [0.1, 0.15) is 0 Å². The van der Waals surface area contributed by atoms with Crippen LogP contribution in [0.1, 0.15) is 12.0 Å². The van der Waals surface area contributed by atoms with Crippen molar-refractivity contribution < 1.29 is 4.79 Å². The number of carbonyl (C=O) groups excluding carboxylic acids is 1. The Balaban J connectivity index is 1.49. The topological polar surface area (TPSA) is 59.3 Å². The molecule has 1 N–H and O–H groups in total. The molecule has 0 aliphatic rings. The van der Waals surface area contributed by atoms with Gasteiger partial charge in [0.2, 0.25) is 5.91 Å². The van der Waals surface area contributed by atoms with Crippen LogP contribution in [0.15, 0.2) is 78.2 Å². The molecule has 2 aromatic heterocycles. The summed E-state index contributed by atoms with van der Waals surface area (Å²) in [7, 11) is 0. The standard InChI is InChI=1S/C21H18N4O/c26-21(24-23-15-16-9-12-22-13-10-16)11-14-25-19-7-3-1-5-17(19)18-6-2-4-8-20(18)25/h1-10,12-13,15H,11,14H2,(H,24,26). The van der Waals surface area contributed by atoms with Crippen LogP contribution in [0, 0.1) is 0 Å². The second-order valence-electron chi connectivity index (χ2n) is 6.01. The van der Waals surface area contributed by atoms with Gasteiger partial charge in [-0.15, -0.1) is 0 Å². The molecular weight excluding hydrogens is 324 g/mol. The molecule has 2 heterocycles. The van der Waals surface area contributed by atoms with E-state index in [1.807, 2.05) is 36.4 Å². The molecule has 0 atom stereocenters. The van der Waals surface area contributed by atoms with Crippen LogP contribution in [0.3, 0.4) is 0 Å². The number of hydrogen-bond acceptors (Lipinski definition) is 3. The number of nitrogens with one attached hydrogen (secondary N) is 1. The minimum absolute atomic E-state index is 0.114. The van der Waals surface area contributed by atoms with Gasteiger partial charge in [-0.2, -0.15) is 5.10 Å². The van der Waals surface area contributed by atoms with Crippen molar-refractivity contribution in [3.8, 4) is 0 Å². The van der Waals surface area contributed by atoms with Crippen molar-refractivity contribution in [1.29, 1.82) is 0 Å². The van der Waals surface area contributed by atoms with Crippen LogP contribution in [0.2, 0.25) is 0 Å². The zero-order valence-corrected chi connectivity index (χ0v) is 14.2. The van der Waals surface area contributed by atoms with Gasteiger partial charge in [-0.05, 0) is 29.8 Å². The molecule has 4 rings (SSSR count). The summed E-state index contributed by atoms with van der Waals surface area (Å²) >= 11 is 0. The number of amides is 1. The first-order valence-corrected chi connectivity index (χ1v) is 8.51. The number of rotatable bonds is 5. The summed E-state index contributed by atoms with van der Waals surface area (Å²) in [5, 5.41) is 6.42. The average Bonchev–Trinajstić information content (AvgIpc) is 3.01. The summed E-state index contributed by atoms with van der Waals surface area (Å²) in [6, 6.07) is 20.2. The van der Waals surface area contributed by atoms with Crippen LogP contribution in [-0.4, -0.2) is 21.7 Å². The molecule has 5 heteroatoms. The number of fused-ring (bicyclic) bond motifs is 3. The number of aryl methyl sites for hydroxylation is 1. The van der Waals surface area contributed by atoms with Gasteiger partial charge in [-0.25, -0.2) is 5.43 Å². The quantitative estimate of drug-likeness (QED) is 0.444. The summed E-state index contributed by atoms with van der Waals surface area (Å²) in [5.41, 5.74) is 5.76. The molecule has 5 nitrogen and oxygen atoms in total. The van der Waals surface area contributed by atoms with E-state index in [4.69, 9.17) is 0 Å². The smallest absolute Gasteiger partial charge is 0.241 e. The minimum Gasteiger partial charge on any atom is -0.340 e. The SMILES string of the molecule is O=C(CCn1c2ccccc2c2ccccc21)NN=Cc1ccncc1. The van der Waals surface area contributed by atoms with Crippen LogP contribution >= 0.6 is 0 Å². The number of hydrazone groups is 1. The number of carbonyl (C=O) groups is 1. The Morgan fingerprint density at radius 3 is 2.23 bits per heavy atom. The lowest BCUT2D eigenvalue weighted by Gasteiger charge is -2.06. The van der Waals surface area contributed by atoms with E-state index in [0.717, 1.165) is 16.6 Å². The molecule has 0 saturated carbocycles. The summed E-state index contributed by atoms with van der Waals surface area (Å²) in [5.74, 6) is -0.114. The molecule has 0 saturated heterocycles. The van der Waals surface area contributed by atoms with Crippen LogP contribution in [-0.2, 0) is 11.3 Å². The first-order valence-electron chi connectivity index (χ1n) is 8.51. The van der Waals surface area contributed by atoms with Crippen molar-refractivity contribution >= 4 is 33.9 Å². The molecule has 0 unspecified atom stereocenters. The van der Waals surface area contributed by atoms with Crippen molar-refractivity contribution in [2.24, 2.45) is 5.10 Å². The molecule has 0 spiro atoms. The van der Waals surface area contributed by atoms with Crippen LogP contribution < -0.4 is 5.43 Å². The van der Waals surface area contributed by atoms with Crippen LogP contribution in [0.4, 0.5) is 0 Å². The molecule has 0 fully saturated rings. The molecule has 0 radical (unpaired) electrons. The van der Waals surface area contributed by atoms with E-state index in [9.17, 15) is 4.79 Å². The molecule has 4 aromatic rings. The number of pyridine rings is 1. The maximum absolute atomic E-state index is 12.2. The fraction of sp³-hybridized carbons (Fsp3) is 0.0952. The Morgan fingerprint density at radius 1 is 0.962 bits per heavy atom. The highest BCUT2D eigenvalue weighted by molar-refractivity contribution is 6.08. The van der Waals surface area contributed by atoms with Crippen molar-refractivity contribution in [3.05, 3.63) is 78.6 Å². The van der Waals surface area contributed by atoms with Gasteiger partial charge in [0.05, 0.1) is 6.21 Å². The van der Waals surface area contributed by atoms with Gasteiger partial charge in [-0.3, -0.25) is 9.78 Å². The number of hydrogen-bond donors (Lipinski definition) is 1. The minimum atomic E-state index is -0.114. The Morgan fingerprint density at radius 2 is 1.58 bits per heavy atom. The molecule has 26 heavy (non-hydrogen) atoms. The Hall–Kier alpha value is -3.47. The summed E-state index contributed by atoms with van der Waals surface area (Å²) < 4.78 is 2.19. The van der Waals surface area contributed by atoms with Gasteiger partial charge >= 0.3 is 0 Å². The predicted octanol–water partition coefficient (Wildman–Crippen LogP) is 3.73. The normalized spacial score (nSPS) is 11.4. The van der Waals surface area contributed by atoms with E-state index in [0.29, 0.717) is 13.0 Å². The fourth-order valence-electron chi connectivity index (χ4n) is 3.14. The van der Waals surface area contributed by atoms with E-state index in [-0.39, 0.29) is 5.91 Å². The van der Waals surface area contributed by atoms with Gasteiger partial charge in [-0.1, -0.05) is 36.4 Å². The maximum Gasteiger partial charge on any atom is 0.241 e. The second-order valence-corrected chi connectivity index (χ2v) is 6.01. The van der Waals surface area contributed by atoms with E-state index in [1.165, 1.54) is 10.8 Å². The number of para-hydroxylation sites is 2. The Labute approximate surface area is 151 Å². The Bertz CT molecular complexity index is 1030. The molecule has 0 aliphatic carbocycles. The fourth-order valence-corrected chi connectivity index (χ4v) is 3.14. The number of nitrogens with zero attached hydrogens (tertiary/aromatic N) is 3. The molecule has 2 aromatic carbocycles. The van der Waals surface area contributed by atoms with E-state index >= 15 is 0 Å². The first-order chi connectivity index (χ1) is 12.8. The largest absolute Gasteiger partial charge is 0.340 e. The first kappa shape index (κ1) is 16.0. The lowest BCUT2D eigenvalue weighted by atomic mass is 10.2. The lowest BCUT2D eigenvalue weighted by Crippen LogP contribution is -2.19. The van der Waals surface area contributed by atoms with E-state index in [2.05, 4.69) is 44.3 Å². The van der Waals surface area contributed by atoms with E-state index < -0.39 is 0 Å².